The molecule has 3 rings (SSSR count). The van der Waals surface area contributed by atoms with Crippen molar-refractivity contribution in [3.63, 3.8) is 0 Å². The molecule has 0 atom stereocenters. The third kappa shape index (κ3) is 3.03. The Hall–Kier alpha value is -2.18. The van der Waals surface area contributed by atoms with Crippen molar-refractivity contribution in [1.29, 1.82) is 0 Å². The average Bonchev–Trinajstić information content (AvgIpc) is 2.84. The number of nitrogens with zero attached hydrogens (tertiary/aromatic N) is 1. The molecule has 1 aromatic heterocycles. The molecular formula is C16H16N2O3S. The summed E-state index contributed by atoms with van der Waals surface area (Å²) in [5, 5.41) is 0. The van der Waals surface area contributed by atoms with Crippen molar-refractivity contribution in [2.45, 2.75) is 25.3 Å². The van der Waals surface area contributed by atoms with E-state index in [1.54, 1.807) is 31.2 Å². The first-order valence-corrected chi connectivity index (χ1v) is 8.35. The van der Waals surface area contributed by atoms with Crippen LogP contribution in [-0.4, -0.2) is 13.4 Å². The summed E-state index contributed by atoms with van der Waals surface area (Å²) in [5.74, 6) is 0.590. The van der Waals surface area contributed by atoms with Crippen molar-refractivity contribution in [3.05, 3.63) is 59.5 Å². The predicted molar refractivity (Wildman–Crippen MR) is 84.0 cm³/mol. The lowest BCUT2D eigenvalue weighted by molar-refractivity contribution is 0.561. The Balaban J connectivity index is 1.80. The van der Waals surface area contributed by atoms with Gasteiger partial charge in [0.05, 0.1) is 4.90 Å². The molecule has 2 aromatic carbocycles. The molecule has 0 fully saturated rings. The number of benzene rings is 2. The number of hydrogen-bond donors (Lipinski definition) is 1. The number of oxazole rings is 1. The maximum absolute atomic E-state index is 12.3. The van der Waals surface area contributed by atoms with E-state index < -0.39 is 10.0 Å². The van der Waals surface area contributed by atoms with Crippen molar-refractivity contribution in [1.82, 2.24) is 9.71 Å². The lowest BCUT2D eigenvalue weighted by atomic mass is 10.2. The van der Waals surface area contributed by atoms with Gasteiger partial charge in [-0.15, -0.1) is 0 Å². The van der Waals surface area contributed by atoms with Gasteiger partial charge in [-0.3, -0.25) is 0 Å². The summed E-state index contributed by atoms with van der Waals surface area (Å²) >= 11 is 0. The normalized spacial score (nSPS) is 11.9. The Morgan fingerprint density at radius 3 is 2.73 bits per heavy atom. The van der Waals surface area contributed by atoms with Crippen molar-refractivity contribution in [2.24, 2.45) is 0 Å². The second-order valence-corrected chi connectivity index (χ2v) is 6.94. The number of sulfonamides is 1. The highest BCUT2D eigenvalue weighted by Crippen LogP contribution is 2.17. The summed E-state index contributed by atoms with van der Waals surface area (Å²) in [7, 11) is -3.52. The van der Waals surface area contributed by atoms with Crippen molar-refractivity contribution < 1.29 is 12.8 Å². The van der Waals surface area contributed by atoms with E-state index in [9.17, 15) is 8.42 Å². The Labute approximate surface area is 129 Å². The molecule has 3 aromatic rings. The fourth-order valence-electron chi connectivity index (χ4n) is 2.24. The van der Waals surface area contributed by atoms with Gasteiger partial charge in [0, 0.05) is 13.5 Å². The number of fused-ring (bicyclic) bond motifs is 1. The third-order valence-electron chi connectivity index (χ3n) is 3.33. The molecule has 0 amide bonds. The molecule has 0 aliphatic rings. The zero-order chi connectivity index (χ0) is 15.7. The van der Waals surface area contributed by atoms with Crippen LogP contribution >= 0.6 is 0 Å². The summed E-state index contributed by atoms with van der Waals surface area (Å²) in [6, 6.07) is 12.3. The molecule has 0 spiro atoms. The first-order chi connectivity index (χ1) is 10.4. The first-order valence-electron chi connectivity index (χ1n) is 6.86. The number of rotatable bonds is 4. The average molecular weight is 316 g/mol. The van der Waals surface area contributed by atoms with Gasteiger partial charge in [0.15, 0.2) is 11.5 Å². The molecule has 0 saturated carbocycles. The van der Waals surface area contributed by atoms with E-state index in [0.717, 1.165) is 16.6 Å². The van der Waals surface area contributed by atoms with Gasteiger partial charge >= 0.3 is 0 Å². The molecule has 0 aliphatic heterocycles. The molecule has 22 heavy (non-hydrogen) atoms. The SMILES string of the molecule is Cc1cccc(S(=O)(=O)NCc2ccc3oc(C)nc3c2)c1. The molecule has 1 heterocycles. The summed E-state index contributed by atoms with van der Waals surface area (Å²) in [4.78, 5) is 4.51. The van der Waals surface area contributed by atoms with E-state index >= 15 is 0 Å². The smallest absolute Gasteiger partial charge is 0.240 e. The van der Waals surface area contributed by atoms with Crippen LogP contribution in [0.25, 0.3) is 11.1 Å². The topological polar surface area (TPSA) is 72.2 Å². The van der Waals surface area contributed by atoms with Crippen molar-refractivity contribution >= 4 is 21.1 Å². The van der Waals surface area contributed by atoms with Crippen LogP contribution in [0.2, 0.25) is 0 Å². The molecule has 1 N–H and O–H groups in total. The molecule has 0 bridgehead atoms. The van der Waals surface area contributed by atoms with Crippen molar-refractivity contribution in [2.75, 3.05) is 0 Å². The lowest BCUT2D eigenvalue weighted by Crippen LogP contribution is -2.23. The van der Waals surface area contributed by atoms with E-state index in [4.69, 9.17) is 4.42 Å². The number of aromatic nitrogens is 1. The Kier molecular flexibility index (Phi) is 3.72. The fourth-order valence-corrected chi connectivity index (χ4v) is 3.36. The maximum atomic E-state index is 12.3. The van der Waals surface area contributed by atoms with Crippen LogP contribution < -0.4 is 4.72 Å². The van der Waals surface area contributed by atoms with E-state index in [2.05, 4.69) is 9.71 Å². The molecular weight excluding hydrogens is 300 g/mol. The van der Waals surface area contributed by atoms with E-state index in [1.807, 2.05) is 25.1 Å². The van der Waals surface area contributed by atoms with Gasteiger partial charge in [-0.2, -0.15) is 0 Å². The van der Waals surface area contributed by atoms with Crippen LogP contribution in [0.4, 0.5) is 0 Å². The Morgan fingerprint density at radius 2 is 1.95 bits per heavy atom. The van der Waals surface area contributed by atoms with Gasteiger partial charge in [-0.05, 0) is 42.3 Å². The summed E-state index contributed by atoms with van der Waals surface area (Å²) in [5.41, 5.74) is 3.16. The minimum absolute atomic E-state index is 0.206. The quantitative estimate of drug-likeness (QED) is 0.803. The Morgan fingerprint density at radius 1 is 1.14 bits per heavy atom. The van der Waals surface area contributed by atoms with Crippen molar-refractivity contribution in [3.8, 4) is 0 Å². The van der Waals surface area contributed by atoms with E-state index in [0.29, 0.717) is 11.5 Å². The minimum atomic E-state index is -3.52. The van der Waals surface area contributed by atoms with Gasteiger partial charge in [0.25, 0.3) is 0 Å². The second-order valence-electron chi connectivity index (χ2n) is 5.18. The van der Waals surface area contributed by atoms with Gasteiger partial charge < -0.3 is 4.42 Å². The van der Waals surface area contributed by atoms with Crippen LogP contribution in [0.3, 0.4) is 0 Å². The highest BCUT2D eigenvalue weighted by molar-refractivity contribution is 7.89. The summed E-state index contributed by atoms with van der Waals surface area (Å²) in [6.07, 6.45) is 0. The van der Waals surface area contributed by atoms with Gasteiger partial charge in [-0.25, -0.2) is 18.1 Å². The van der Waals surface area contributed by atoms with Gasteiger partial charge in [0.1, 0.15) is 5.52 Å². The van der Waals surface area contributed by atoms with E-state index in [-0.39, 0.29) is 11.4 Å². The van der Waals surface area contributed by atoms with Crippen LogP contribution in [0.5, 0.6) is 0 Å². The summed E-state index contributed by atoms with van der Waals surface area (Å²) < 4.78 is 32.6. The maximum Gasteiger partial charge on any atom is 0.240 e. The Bertz CT molecular complexity index is 929. The minimum Gasteiger partial charge on any atom is -0.441 e. The van der Waals surface area contributed by atoms with Gasteiger partial charge in [0.2, 0.25) is 10.0 Å². The fraction of sp³-hybridized carbons (Fsp3) is 0.188. The van der Waals surface area contributed by atoms with Gasteiger partial charge in [-0.1, -0.05) is 18.2 Å². The molecule has 0 saturated heterocycles. The molecule has 114 valence electrons. The largest absolute Gasteiger partial charge is 0.441 e. The van der Waals surface area contributed by atoms with Crippen LogP contribution in [0.15, 0.2) is 51.8 Å². The number of aryl methyl sites for hydroxylation is 2. The second kappa shape index (κ2) is 5.55. The monoisotopic (exact) mass is 316 g/mol. The lowest BCUT2D eigenvalue weighted by Gasteiger charge is -2.07. The standard InChI is InChI=1S/C16H16N2O3S/c1-11-4-3-5-14(8-11)22(19,20)17-10-13-6-7-16-15(9-13)18-12(2)21-16/h3-9,17H,10H2,1-2H3. The predicted octanol–water partition coefficient (Wildman–Crippen LogP) is 2.92. The molecule has 0 unspecified atom stereocenters. The molecule has 6 heteroatoms. The summed E-state index contributed by atoms with van der Waals surface area (Å²) in [6.45, 7) is 3.85. The highest BCUT2D eigenvalue weighted by Gasteiger charge is 2.14. The molecule has 0 radical (unpaired) electrons. The zero-order valence-corrected chi connectivity index (χ0v) is 13.1. The number of hydrogen-bond acceptors (Lipinski definition) is 4. The van der Waals surface area contributed by atoms with Crippen LogP contribution in [-0.2, 0) is 16.6 Å². The molecule has 0 aliphatic carbocycles. The van der Waals surface area contributed by atoms with Crippen LogP contribution in [0.1, 0.15) is 17.0 Å². The molecule has 5 nitrogen and oxygen atoms in total. The highest BCUT2D eigenvalue weighted by atomic mass is 32.2. The number of nitrogens with one attached hydrogen (secondary N) is 1. The van der Waals surface area contributed by atoms with Crippen LogP contribution in [0, 0.1) is 13.8 Å². The van der Waals surface area contributed by atoms with E-state index in [1.165, 1.54) is 0 Å². The zero-order valence-electron chi connectivity index (χ0n) is 12.3. The first kappa shape index (κ1) is 14.7. The third-order valence-corrected chi connectivity index (χ3v) is 4.72.